The predicted molar refractivity (Wildman–Crippen MR) is 94.3 cm³/mol. The third-order valence-electron chi connectivity index (χ3n) is 2.94. The lowest BCUT2D eigenvalue weighted by molar-refractivity contribution is -0.119. The van der Waals surface area contributed by atoms with Crippen LogP contribution in [0.2, 0.25) is 10.0 Å². The summed E-state index contributed by atoms with van der Waals surface area (Å²) in [6.45, 7) is 1.47. The third kappa shape index (κ3) is 4.70. The van der Waals surface area contributed by atoms with Crippen molar-refractivity contribution < 1.29 is 14.3 Å². The molecular weight excluding hydrogens is 405 g/mol. The minimum atomic E-state index is -0.747. The Kier molecular flexibility index (Phi) is 6.04. The quantitative estimate of drug-likeness (QED) is 0.724. The van der Waals surface area contributed by atoms with Crippen LogP contribution in [0, 0.1) is 6.92 Å². The Morgan fingerprint density at radius 1 is 1.17 bits per heavy atom. The molecule has 2 rings (SSSR count). The van der Waals surface area contributed by atoms with E-state index < -0.39 is 18.5 Å². The minimum absolute atomic E-state index is 0.0446. The molecule has 0 saturated heterocycles. The van der Waals surface area contributed by atoms with Gasteiger partial charge in [-0.2, -0.15) is 0 Å². The Morgan fingerprint density at radius 2 is 1.83 bits per heavy atom. The number of esters is 1. The van der Waals surface area contributed by atoms with Crippen LogP contribution in [0.1, 0.15) is 15.9 Å². The van der Waals surface area contributed by atoms with Crippen LogP contribution in [0.25, 0.3) is 0 Å². The first-order chi connectivity index (χ1) is 10.9. The molecule has 0 unspecified atom stereocenters. The van der Waals surface area contributed by atoms with Crippen LogP contribution < -0.4 is 5.32 Å². The van der Waals surface area contributed by atoms with Gasteiger partial charge in [-0.1, -0.05) is 45.2 Å². The molecule has 0 spiro atoms. The Bertz CT molecular complexity index is 745. The molecule has 0 aliphatic carbocycles. The molecule has 7 heteroatoms. The summed E-state index contributed by atoms with van der Waals surface area (Å²) in [5, 5.41) is 2.99. The number of rotatable bonds is 4. The molecule has 0 heterocycles. The maximum atomic E-state index is 12.0. The molecule has 23 heavy (non-hydrogen) atoms. The topological polar surface area (TPSA) is 55.4 Å². The molecule has 0 atom stereocenters. The van der Waals surface area contributed by atoms with E-state index in [1.165, 1.54) is 12.1 Å². The summed E-state index contributed by atoms with van der Waals surface area (Å²) in [5.74, 6) is -1.20. The van der Waals surface area contributed by atoms with Crippen molar-refractivity contribution in [2.75, 3.05) is 11.9 Å². The summed E-state index contributed by atoms with van der Waals surface area (Å²) in [6, 6.07) is 10.0. The monoisotopic (exact) mass is 415 g/mol. The summed E-state index contributed by atoms with van der Waals surface area (Å²) in [7, 11) is 0. The zero-order valence-electron chi connectivity index (χ0n) is 12.0. The van der Waals surface area contributed by atoms with Crippen molar-refractivity contribution in [3.05, 3.63) is 62.0 Å². The maximum absolute atomic E-state index is 12.0. The molecule has 1 N–H and O–H groups in total. The van der Waals surface area contributed by atoms with Crippen LogP contribution in [0.5, 0.6) is 0 Å². The van der Waals surface area contributed by atoms with E-state index in [-0.39, 0.29) is 15.6 Å². The Hall–Kier alpha value is -1.56. The fourth-order valence-corrected chi connectivity index (χ4v) is 2.61. The second kappa shape index (κ2) is 7.81. The Balaban J connectivity index is 1.96. The summed E-state index contributed by atoms with van der Waals surface area (Å²) >= 11 is 15.2. The van der Waals surface area contributed by atoms with Crippen molar-refractivity contribution in [1.29, 1.82) is 0 Å². The van der Waals surface area contributed by atoms with Gasteiger partial charge in [0.25, 0.3) is 5.91 Å². The zero-order valence-corrected chi connectivity index (χ0v) is 15.1. The van der Waals surface area contributed by atoms with E-state index in [1.54, 1.807) is 18.2 Å². The highest BCUT2D eigenvalue weighted by Gasteiger charge is 2.17. The average molecular weight is 417 g/mol. The van der Waals surface area contributed by atoms with Gasteiger partial charge < -0.3 is 10.1 Å². The van der Waals surface area contributed by atoms with Gasteiger partial charge in [0.1, 0.15) is 0 Å². The minimum Gasteiger partial charge on any atom is -0.452 e. The molecule has 0 aliphatic heterocycles. The summed E-state index contributed by atoms with van der Waals surface area (Å²) in [6.07, 6.45) is 0. The van der Waals surface area contributed by atoms with E-state index in [4.69, 9.17) is 27.9 Å². The van der Waals surface area contributed by atoms with Crippen LogP contribution in [0.15, 0.2) is 40.9 Å². The number of halogens is 3. The molecular formula is C16H12BrCl2NO3. The van der Waals surface area contributed by atoms with Gasteiger partial charge in [0, 0.05) is 10.2 Å². The van der Waals surface area contributed by atoms with E-state index in [9.17, 15) is 9.59 Å². The number of anilines is 1. The molecule has 0 aromatic heterocycles. The van der Waals surface area contributed by atoms with E-state index in [2.05, 4.69) is 21.2 Å². The first kappa shape index (κ1) is 17.8. The first-order valence-corrected chi connectivity index (χ1v) is 8.10. The van der Waals surface area contributed by atoms with Gasteiger partial charge >= 0.3 is 5.97 Å². The smallest absolute Gasteiger partial charge is 0.341 e. The van der Waals surface area contributed by atoms with Gasteiger partial charge in [-0.05, 0) is 42.8 Å². The largest absolute Gasteiger partial charge is 0.452 e. The van der Waals surface area contributed by atoms with Crippen molar-refractivity contribution in [3.8, 4) is 0 Å². The predicted octanol–water partition coefficient (Wildman–Crippen LogP) is 4.86. The first-order valence-electron chi connectivity index (χ1n) is 6.55. The van der Waals surface area contributed by atoms with Gasteiger partial charge in [0.05, 0.1) is 15.6 Å². The van der Waals surface area contributed by atoms with Crippen LogP contribution in [-0.2, 0) is 9.53 Å². The highest BCUT2D eigenvalue weighted by atomic mass is 79.9. The molecule has 2 aromatic carbocycles. The van der Waals surface area contributed by atoms with Gasteiger partial charge in [-0.25, -0.2) is 4.79 Å². The average Bonchev–Trinajstić information content (AvgIpc) is 2.49. The number of ether oxygens (including phenoxy) is 1. The standard InChI is InChI=1S/C16H12BrCl2NO3/c1-9-7-10(5-6-11(9)17)20-14(21)8-23-16(22)15-12(18)3-2-4-13(15)19/h2-7H,8H2,1H3,(H,20,21). The number of hydrogen-bond acceptors (Lipinski definition) is 3. The summed E-state index contributed by atoms with van der Waals surface area (Å²) < 4.78 is 5.89. The number of carbonyl (C=O) groups is 2. The normalized spacial score (nSPS) is 10.3. The van der Waals surface area contributed by atoms with Crippen molar-refractivity contribution in [2.24, 2.45) is 0 Å². The number of carbonyl (C=O) groups excluding carboxylic acids is 2. The number of benzene rings is 2. The molecule has 4 nitrogen and oxygen atoms in total. The SMILES string of the molecule is Cc1cc(NC(=O)COC(=O)c2c(Cl)cccc2Cl)ccc1Br. The molecule has 2 aromatic rings. The Labute approximate surface area is 151 Å². The number of amides is 1. The molecule has 0 aliphatic rings. The second-order valence-electron chi connectivity index (χ2n) is 4.68. The van der Waals surface area contributed by atoms with Crippen LogP contribution in [0.3, 0.4) is 0 Å². The van der Waals surface area contributed by atoms with Gasteiger partial charge in [-0.3, -0.25) is 4.79 Å². The van der Waals surface area contributed by atoms with Crippen molar-refractivity contribution >= 4 is 56.7 Å². The lowest BCUT2D eigenvalue weighted by atomic mass is 10.2. The van der Waals surface area contributed by atoms with Crippen LogP contribution in [0.4, 0.5) is 5.69 Å². The fraction of sp³-hybridized carbons (Fsp3) is 0.125. The van der Waals surface area contributed by atoms with E-state index >= 15 is 0 Å². The van der Waals surface area contributed by atoms with Gasteiger partial charge in [-0.15, -0.1) is 0 Å². The van der Waals surface area contributed by atoms with E-state index in [1.807, 2.05) is 13.0 Å². The Morgan fingerprint density at radius 3 is 2.43 bits per heavy atom. The van der Waals surface area contributed by atoms with Crippen molar-refractivity contribution in [2.45, 2.75) is 6.92 Å². The van der Waals surface area contributed by atoms with Crippen LogP contribution in [-0.4, -0.2) is 18.5 Å². The summed E-state index contributed by atoms with van der Waals surface area (Å²) in [5.41, 5.74) is 1.63. The van der Waals surface area contributed by atoms with Crippen molar-refractivity contribution in [1.82, 2.24) is 0 Å². The molecule has 1 amide bonds. The molecule has 0 fully saturated rings. The van der Waals surface area contributed by atoms with Gasteiger partial charge in [0.15, 0.2) is 6.61 Å². The molecule has 0 radical (unpaired) electrons. The number of nitrogens with one attached hydrogen (secondary N) is 1. The van der Waals surface area contributed by atoms with E-state index in [0.717, 1.165) is 10.0 Å². The highest BCUT2D eigenvalue weighted by Crippen LogP contribution is 2.25. The lowest BCUT2D eigenvalue weighted by Crippen LogP contribution is -2.21. The maximum Gasteiger partial charge on any atom is 0.341 e. The second-order valence-corrected chi connectivity index (χ2v) is 6.35. The summed E-state index contributed by atoms with van der Waals surface area (Å²) in [4.78, 5) is 23.8. The lowest BCUT2D eigenvalue weighted by Gasteiger charge is -2.09. The molecule has 0 saturated carbocycles. The molecule has 0 bridgehead atoms. The van der Waals surface area contributed by atoms with Crippen molar-refractivity contribution in [3.63, 3.8) is 0 Å². The number of aryl methyl sites for hydroxylation is 1. The van der Waals surface area contributed by atoms with E-state index in [0.29, 0.717) is 5.69 Å². The highest BCUT2D eigenvalue weighted by molar-refractivity contribution is 9.10. The zero-order chi connectivity index (χ0) is 17.0. The third-order valence-corrected chi connectivity index (χ3v) is 4.46. The number of hydrogen-bond donors (Lipinski definition) is 1. The fourth-order valence-electron chi connectivity index (χ4n) is 1.82. The van der Waals surface area contributed by atoms with Crippen LogP contribution >= 0.6 is 39.1 Å². The molecule has 120 valence electrons. The van der Waals surface area contributed by atoms with Gasteiger partial charge in [0.2, 0.25) is 0 Å².